The Morgan fingerprint density at radius 1 is 0.931 bits per heavy atom. The fourth-order valence-corrected chi connectivity index (χ4v) is 4.52. The second-order valence-electron chi connectivity index (χ2n) is 9.31. The molecule has 0 aliphatic heterocycles. The van der Waals surface area contributed by atoms with Crippen molar-refractivity contribution in [3.63, 3.8) is 0 Å². The lowest BCUT2D eigenvalue weighted by atomic mass is 9.91. The first-order valence-electron chi connectivity index (χ1n) is 10.7. The molecule has 156 valence electrons. The van der Waals surface area contributed by atoms with Gasteiger partial charge in [-0.2, -0.15) is 5.26 Å². The molecule has 0 aromatic heterocycles. The van der Waals surface area contributed by atoms with Gasteiger partial charge in [0.25, 0.3) is 0 Å². The van der Waals surface area contributed by atoms with Crippen LogP contribution in [0.25, 0.3) is 0 Å². The van der Waals surface area contributed by atoms with Crippen LogP contribution in [0.4, 0.5) is 11.4 Å². The highest BCUT2D eigenvalue weighted by Gasteiger charge is 2.40. The van der Waals surface area contributed by atoms with Crippen molar-refractivity contribution >= 4 is 19.7 Å². The number of anilines is 2. The van der Waals surface area contributed by atoms with Crippen molar-refractivity contribution in [3.05, 3.63) is 59.7 Å². The quantitative estimate of drug-likeness (QED) is 0.453. The molecular formula is C25H36N2OSi. The number of hydrogen-bond donors (Lipinski definition) is 1. The molecule has 0 radical (unpaired) electrons. The second kappa shape index (κ2) is 9.60. The minimum absolute atomic E-state index is 0.134. The fourth-order valence-electron chi connectivity index (χ4n) is 3.20. The molecule has 2 aromatic carbocycles. The first-order valence-corrected chi connectivity index (χ1v) is 13.6. The normalized spacial score (nSPS) is 13.2. The van der Waals surface area contributed by atoms with E-state index in [1.807, 2.05) is 24.3 Å². The summed E-state index contributed by atoms with van der Waals surface area (Å²) in [4.78, 5) is 0. The summed E-state index contributed by atoms with van der Waals surface area (Å²) in [7, 11) is -1.87. The number of rotatable bonds is 8. The highest BCUT2D eigenvalue weighted by atomic mass is 28.4. The Morgan fingerprint density at radius 2 is 1.41 bits per heavy atom. The Kier molecular flexibility index (Phi) is 7.68. The van der Waals surface area contributed by atoms with Gasteiger partial charge >= 0.3 is 0 Å². The predicted molar refractivity (Wildman–Crippen MR) is 126 cm³/mol. The summed E-state index contributed by atoms with van der Waals surface area (Å²) < 4.78 is 6.90. The molecule has 2 aromatic rings. The maximum atomic E-state index is 8.94. The molecule has 0 bridgehead atoms. The van der Waals surface area contributed by atoms with Gasteiger partial charge in [0.2, 0.25) is 0 Å². The molecule has 1 N–H and O–H groups in total. The largest absolute Gasteiger partial charge is 0.410 e. The third-order valence-electron chi connectivity index (χ3n) is 6.25. The Morgan fingerprint density at radius 3 is 1.83 bits per heavy atom. The van der Waals surface area contributed by atoms with Crippen LogP contribution in [0, 0.1) is 17.2 Å². The van der Waals surface area contributed by atoms with Gasteiger partial charge in [0, 0.05) is 11.4 Å². The van der Waals surface area contributed by atoms with Crippen LogP contribution in [-0.4, -0.2) is 8.32 Å². The molecule has 0 aliphatic rings. The smallest absolute Gasteiger partial charge is 0.192 e. The van der Waals surface area contributed by atoms with Gasteiger partial charge in [-0.25, -0.2) is 0 Å². The van der Waals surface area contributed by atoms with Crippen LogP contribution in [-0.2, 0) is 4.43 Å². The summed E-state index contributed by atoms with van der Waals surface area (Å²) in [5, 5.41) is 12.5. The highest BCUT2D eigenvalue weighted by Crippen LogP contribution is 2.43. The molecule has 0 spiro atoms. The van der Waals surface area contributed by atoms with Gasteiger partial charge in [-0.3, -0.25) is 0 Å². The van der Waals surface area contributed by atoms with E-state index in [4.69, 9.17) is 9.69 Å². The molecule has 0 aliphatic carbocycles. The van der Waals surface area contributed by atoms with Crippen molar-refractivity contribution < 1.29 is 4.43 Å². The van der Waals surface area contributed by atoms with Gasteiger partial charge in [0.05, 0.1) is 17.7 Å². The van der Waals surface area contributed by atoms with Crippen molar-refractivity contribution in [2.45, 2.75) is 71.7 Å². The Bertz CT molecular complexity index is 810. The van der Waals surface area contributed by atoms with E-state index in [1.54, 1.807) is 0 Å². The van der Waals surface area contributed by atoms with Gasteiger partial charge in [-0.15, -0.1) is 0 Å². The van der Waals surface area contributed by atoms with Crippen LogP contribution in [0.1, 0.15) is 64.7 Å². The zero-order chi connectivity index (χ0) is 21.7. The molecule has 29 heavy (non-hydrogen) atoms. The molecule has 0 fully saturated rings. The minimum atomic E-state index is -1.87. The minimum Gasteiger partial charge on any atom is -0.410 e. The molecule has 3 nitrogen and oxygen atoms in total. The molecule has 1 atom stereocenters. The zero-order valence-corrected chi connectivity index (χ0v) is 20.0. The van der Waals surface area contributed by atoms with Crippen LogP contribution in [0.5, 0.6) is 0 Å². The summed E-state index contributed by atoms with van der Waals surface area (Å²) in [5.74, 6) is 0.515. The van der Waals surface area contributed by atoms with Crippen molar-refractivity contribution in [3.8, 4) is 6.07 Å². The van der Waals surface area contributed by atoms with Gasteiger partial charge in [0.15, 0.2) is 8.32 Å². The molecule has 0 amide bonds. The first kappa shape index (κ1) is 23.2. The molecule has 1 unspecified atom stereocenters. The predicted octanol–water partition coefficient (Wildman–Crippen LogP) is 7.80. The van der Waals surface area contributed by atoms with Gasteiger partial charge in [-0.1, -0.05) is 59.6 Å². The Labute approximate surface area is 178 Å². The van der Waals surface area contributed by atoms with Crippen molar-refractivity contribution in [2.24, 2.45) is 5.92 Å². The summed E-state index contributed by atoms with van der Waals surface area (Å²) in [6.45, 7) is 16.1. The van der Waals surface area contributed by atoms with E-state index in [2.05, 4.69) is 83.4 Å². The summed E-state index contributed by atoms with van der Waals surface area (Å²) in [6, 6.07) is 18.3. The summed E-state index contributed by atoms with van der Waals surface area (Å²) in [6.07, 6.45) is 2.36. The number of nitrogens with zero attached hydrogens (tertiary/aromatic N) is 1. The number of hydrogen-bond acceptors (Lipinski definition) is 3. The zero-order valence-electron chi connectivity index (χ0n) is 19.0. The fraction of sp³-hybridized carbons (Fsp3) is 0.480. The second-order valence-corrected chi connectivity index (χ2v) is 14.1. The number of benzene rings is 2. The van der Waals surface area contributed by atoms with E-state index in [0.717, 1.165) is 24.2 Å². The van der Waals surface area contributed by atoms with Crippen LogP contribution in [0.3, 0.4) is 0 Å². The number of nitrogens with one attached hydrogen (secondary N) is 1. The van der Waals surface area contributed by atoms with E-state index < -0.39 is 8.32 Å². The van der Waals surface area contributed by atoms with Crippen molar-refractivity contribution in [2.75, 3.05) is 5.32 Å². The van der Waals surface area contributed by atoms with E-state index in [-0.39, 0.29) is 11.1 Å². The average Bonchev–Trinajstić information content (AvgIpc) is 2.68. The molecule has 0 saturated carbocycles. The van der Waals surface area contributed by atoms with Crippen LogP contribution < -0.4 is 5.32 Å². The van der Waals surface area contributed by atoms with Gasteiger partial charge in [-0.05, 0) is 66.0 Å². The topological polar surface area (TPSA) is 45.0 Å². The van der Waals surface area contributed by atoms with Crippen LogP contribution >= 0.6 is 0 Å². The van der Waals surface area contributed by atoms with Crippen LogP contribution in [0.2, 0.25) is 18.1 Å². The van der Waals surface area contributed by atoms with E-state index in [1.165, 1.54) is 5.56 Å². The molecule has 2 rings (SSSR count). The van der Waals surface area contributed by atoms with Gasteiger partial charge in [0.1, 0.15) is 0 Å². The molecule has 0 heterocycles. The molecular weight excluding hydrogens is 372 g/mol. The van der Waals surface area contributed by atoms with E-state index in [9.17, 15) is 0 Å². The summed E-state index contributed by atoms with van der Waals surface area (Å²) >= 11 is 0. The SMILES string of the molecule is CCC(CC)C(O[Si](C)(C)C(C)(C)C)c1ccc(Nc2ccc(C#N)cc2)cc1. The lowest BCUT2D eigenvalue weighted by Gasteiger charge is -2.41. The van der Waals surface area contributed by atoms with Gasteiger partial charge < -0.3 is 9.74 Å². The van der Waals surface area contributed by atoms with E-state index >= 15 is 0 Å². The highest BCUT2D eigenvalue weighted by molar-refractivity contribution is 6.74. The lowest BCUT2D eigenvalue weighted by Crippen LogP contribution is -2.43. The van der Waals surface area contributed by atoms with E-state index in [0.29, 0.717) is 11.5 Å². The Balaban J connectivity index is 2.24. The van der Waals surface area contributed by atoms with Crippen molar-refractivity contribution in [1.29, 1.82) is 5.26 Å². The third kappa shape index (κ3) is 5.94. The summed E-state index contributed by atoms with van der Waals surface area (Å²) in [5.41, 5.74) is 3.94. The molecule has 4 heteroatoms. The average molecular weight is 409 g/mol. The maximum absolute atomic E-state index is 8.94. The molecule has 0 saturated heterocycles. The first-order chi connectivity index (χ1) is 13.6. The standard InChI is InChI=1S/C25H36N2OSi/c1-8-20(9-2)24(28-29(6,7)25(3,4)5)21-12-16-23(17-13-21)27-22-14-10-19(18-26)11-15-22/h10-17,20,24,27H,8-9H2,1-7H3. The number of nitriles is 1. The maximum Gasteiger partial charge on any atom is 0.192 e. The third-order valence-corrected chi connectivity index (χ3v) is 10.7. The monoisotopic (exact) mass is 408 g/mol. The van der Waals surface area contributed by atoms with Crippen LogP contribution in [0.15, 0.2) is 48.5 Å². The Hall–Kier alpha value is -2.09. The van der Waals surface area contributed by atoms with Crippen molar-refractivity contribution in [1.82, 2.24) is 0 Å². The lowest BCUT2D eigenvalue weighted by molar-refractivity contribution is 0.112.